The van der Waals surface area contributed by atoms with Crippen LogP contribution in [0.4, 0.5) is 0 Å². The third-order valence-electron chi connectivity index (χ3n) is 3.85. The number of nitrogens with zero attached hydrogens (tertiary/aromatic N) is 2. The first-order valence-corrected chi connectivity index (χ1v) is 9.65. The van der Waals surface area contributed by atoms with Crippen LogP contribution in [-0.4, -0.2) is 23.6 Å². The van der Waals surface area contributed by atoms with E-state index in [0.29, 0.717) is 17.6 Å². The fourth-order valence-corrected chi connectivity index (χ4v) is 4.14. The summed E-state index contributed by atoms with van der Waals surface area (Å²) in [6, 6.07) is 15.6. The minimum absolute atomic E-state index is 0.0168. The molecule has 1 amide bonds. The molecular formula is C19H17BrN2O3S. The van der Waals surface area contributed by atoms with Gasteiger partial charge in [0, 0.05) is 10.9 Å². The van der Waals surface area contributed by atoms with E-state index in [2.05, 4.69) is 20.9 Å². The van der Waals surface area contributed by atoms with E-state index in [4.69, 9.17) is 4.74 Å². The van der Waals surface area contributed by atoms with Gasteiger partial charge in [-0.3, -0.25) is 9.59 Å². The number of ether oxygens (including phenoxy) is 1. The third kappa shape index (κ3) is 4.47. The van der Waals surface area contributed by atoms with E-state index >= 15 is 0 Å². The van der Waals surface area contributed by atoms with Gasteiger partial charge < -0.3 is 9.30 Å². The molecule has 0 aliphatic carbocycles. The van der Waals surface area contributed by atoms with Gasteiger partial charge in [0.2, 0.25) is 5.91 Å². The van der Waals surface area contributed by atoms with Crippen LogP contribution >= 0.6 is 27.3 Å². The molecule has 0 aliphatic rings. The van der Waals surface area contributed by atoms with Crippen LogP contribution in [-0.2, 0) is 27.3 Å². The Morgan fingerprint density at radius 2 is 1.96 bits per heavy atom. The summed E-state index contributed by atoms with van der Waals surface area (Å²) in [6.07, 6.45) is 0.955. The Bertz CT molecular complexity index is 1010. The highest BCUT2D eigenvalue weighted by Gasteiger charge is 2.12. The molecule has 0 saturated carbocycles. The van der Waals surface area contributed by atoms with Crippen molar-refractivity contribution in [1.82, 2.24) is 4.57 Å². The Kier molecular flexibility index (Phi) is 6.00. The molecule has 7 heteroatoms. The van der Waals surface area contributed by atoms with Crippen molar-refractivity contribution in [2.75, 3.05) is 7.11 Å². The van der Waals surface area contributed by atoms with Gasteiger partial charge in [0.1, 0.15) is 6.54 Å². The monoisotopic (exact) mass is 432 g/mol. The number of carbonyl (C=O) groups is 2. The molecule has 0 radical (unpaired) electrons. The summed E-state index contributed by atoms with van der Waals surface area (Å²) >= 11 is 4.82. The molecule has 1 heterocycles. The number of hydrogen-bond acceptors (Lipinski definition) is 4. The van der Waals surface area contributed by atoms with Crippen LogP contribution in [0.2, 0.25) is 0 Å². The van der Waals surface area contributed by atoms with E-state index in [9.17, 15) is 9.59 Å². The summed E-state index contributed by atoms with van der Waals surface area (Å²) in [5.74, 6) is -0.594. The van der Waals surface area contributed by atoms with E-state index in [0.717, 1.165) is 20.3 Å². The van der Waals surface area contributed by atoms with Gasteiger partial charge >= 0.3 is 5.97 Å². The predicted octanol–water partition coefficient (Wildman–Crippen LogP) is 3.70. The van der Waals surface area contributed by atoms with Gasteiger partial charge in [-0.2, -0.15) is 4.99 Å². The third-order valence-corrected chi connectivity index (χ3v) is 5.38. The fraction of sp³-hybridized carbons (Fsp3) is 0.211. The summed E-state index contributed by atoms with van der Waals surface area (Å²) in [5.41, 5.74) is 1.94. The molecule has 0 N–H and O–H groups in total. The number of benzene rings is 2. The van der Waals surface area contributed by atoms with Crippen molar-refractivity contribution >= 4 is 49.4 Å². The highest BCUT2D eigenvalue weighted by atomic mass is 79.9. The van der Waals surface area contributed by atoms with Crippen molar-refractivity contribution in [3.8, 4) is 0 Å². The minimum Gasteiger partial charge on any atom is -0.468 e. The van der Waals surface area contributed by atoms with Gasteiger partial charge in [-0.1, -0.05) is 57.6 Å². The number of amides is 1. The lowest BCUT2D eigenvalue weighted by atomic mass is 10.1. The molecule has 5 nitrogen and oxygen atoms in total. The lowest BCUT2D eigenvalue weighted by Gasteiger charge is -2.03. The molecule has 0 aliphatic heterocycles. The highest BCUT2D eigenvalue weighted by molar-refractivity contribution is 9.10. The maximum Gasteiger partial charge on any atom is 0.325 e. The fourth-order valence-electron chi connectivity index (χ4n) is 2.54. The molecular weight excluding hydrogens is 416 g/mol. The zero-order valence-electron chi connectivity index (χ0n) is 14.1. The van der Waals surface area contributed by atoms with Crippen LogP contribution in [0.3, 0.4) is 0 Å². The largest absolute Gasteiger partial charge is 0.468 e. The number of fused-ring (bicyclic) bond motifs is 1. The normalized spacial score (nSPS) is 11.7. The number of methoxy groups -OCH3 is 1. The molecule has 0 spiro atoms. The summed E-state index contributed by atoms with van der Waals surface area (Å²) in [7, 11) is 1.34. The Balaban J connectivity index is 1.91. The summed E-state index contributed by atoms with van der Waals surface area (Å²) in [5, 5.41) is 0. The molecule has 0 atom stereocenters. The Morgan fingerprint density at radius 1 is 1.19 bits per heavy atom. The lowest BCUT2D eigenvalue weighted by Crippen LogP contribution is -2.22. The van der Waals surface area contributed by atoms with Crippen LogP contribution < -0.4 is 4.80 Å². The van der Waals surface area contributed by atoms with E-state index < -0.39 is 0 Å². The van der Waals surface area contributed by atoms with Crippen LogP contribution in [0, 0.1) is 0 Å². The number of aromatic nitrogens is 1. The quantitative estimate of drug-likeness (QED) is 0.577. The summed E-state index contributed by atoms with van der Waals surface area (Å²) in [4.78, 5) is 28.9. The van der Waals surface area contributed by atoms with Crippen molar-refractivity contribution in [3.63, 3.8) is 0 Å². The van der Waals surface area contributed by atoms with Gasteiger partial charge in [0.15, 0.2) is 4.80 Å². The van der Waals surface area contributed by atoms with Crippen LogP contribution in [0.15, 0.2) is 58.0 Å². The van der Waals surface area contributed by atoms with Gasteiger partial charge in [0.25, 0.3) is 0 Å². The Labute approximate surface area is 163 Å². The topological polar surface area (TPSA) is 60.7 Å². The number of thiazole rings is 1. The second-order valence-electron chi connectivity index (χ2n) is 5.65. The first-order chi connectivity index (χ1) is 12.6. The number of carbonyl (C=O) groups excluding carboxylic acids is 2. The molecule has 0 saturated heterocycles. The molecule has 134 valence electrons. The summed E-state index contributed by atoms with van der Waals surface area (Å²) < 4.78 is 8.36. The number of aryl methyl sites for hydroxylation is 1. The predicted molar refractivity (Wildman–Crippen MR) is 105 cm³/mol. The van der Waals surface area contributed by atoms with Crippen molar-refractivity contribution in [1.29, 1.82) is 0 Å². The number of rotatable bonds is 5. The molecule has 1 aromatic heterocycles. The van der Waals surface area contributed by atoms with E-state index in [1.807, 2.05) is 48.5 Å². The number of halogens is 1. The zero-order valence-corrected chi connectivity index (χ0v) is 16.5. The smallest absolute Gasteiger partial charge is 0.325 e. The maximum atomic E-state index is 12.3. The van der Waals surface area contributed by atoms with Gasteiger partial charge in [-0.15, -0.1) is 0 Å². The van der Waals surface area contributed by atoms with Gasteiger partial charge in [-0.05, 0) is 30.2 Å². The molecule has 26 heavy (non-hydrogen) atoms. The van der Waals surface area contributed by atoms with Gasteiger partial charge in [0.05, 0.1) is 17.3 Å². The standard InChI is InChI=1S/C19H17BrN2O3S/c1-25-18(24)12-22-15-9-8-14(20)11-16(15)26-19(22)21-17(23)10-7-13-5-3-2-4-6-13/h2-6,8-9,11H,7,10,12H2,1H3. The maximum absolute atomic E-state index is 12.3. The SMILES string of the molecule is COC(=O)Cn1c(=NC(=O)CCc2ccccc2)sc2cc(Br)ccc21. The Morgan fingerprint density at radius 3 is 2.69 bits per heavy atom. The van der Waals surface area contributed by atoms with Crippen molar-refractivity contribution in [3.05, 3.63) is 63.4 Å². The average molecular weight is 433 g/mol. The van der Waals surface area contributed by atoms with E-state index in [1.54, 1.807) is 4.57 Å². The van der Waals surface area contributed by atoms with Crippen molar-refractivity contribution < 1.29 is 14.3 Å². The van der Waals surface area contributed by atoms with Crippen LogP contribution in [0.25, 0.3) is 10.2 Å². The first kappa shape index (κ1) is 18.5. The van der Waals surface area contributed by atoms with Gasteiger partial charge in [-0.25, -0.2) is 0 Å². The van der Waals surface area contributed by atoms with E-state index in [-0.39, 0.29) is 18.4 Å². The van der Waals surface area contributed by atoms with Crippen LogP contribution in [0.5, 0.6) is 0 Å². The Hall–Kier alpha value is -2.25. The molecule has 0 unspecified atom stereocenters. The second-order valence-corrected chi connectivity index (χ2v) is 7.57. The number of esters is 1. The molecule has 2 aromatic carbocycles. The average Bonchev–Trinajstić information content (AvgIpc) is 2.96. The number of hydrogen-bond donors (Lipinski definition) is 0. The lowest BCUT2D eigenvalue weighted by molar-refractivity contribution is -0.141. The van der Waals surface area contributed by atoms with Crippen molar-refractivity contribution in [2.24, 2.45) is 4.99 Å². The minimum atomic E-state index is -0.384. The second kappa shape index (κ2) is 8.42. The zero-order chi connectivity index (χ0) is 18.5. The highest BCUT2D eigenvalue weighted by Crippen LogP contribution is 2.22. The molecule has 3 rings (SSSR count). The molecule has 3 aromatic rings. The first-order valence-electron chi connectivity index (χ1n) is 8.04. The molecule has 0 fully saturated rings. The van der Waals surface area contributed by atoms with E-state index in [1.165, 1.54) is 18.4 Å². The summed E-state index contributed by atoms with van der Waals surface area (Å²) in [6.45, 7) is 0.0168. The van der Waals surface area contributed by atoms with Crippen LogP contribution in [0.1, 0.15) is 12.0 Å². The van der Waals surface area contributed by atoms with Crippen molar-refractivity contribution in [2.45, 2.75) is 19.4 Å². The molecule has 0 bridgehead atoms.